The van der Waals surface area contributed by atoms with E-state index in [4.69, 9.17) is 0 Å². The first-order chi connectivity index (χ1) is 6.13. The topological polar surface area (TPSA) is 76.0 Å². The maximum Gasteiger partial charge on any atom is 0.313 e. The van der Waals surface area contributed by atoms with Crippen LogP contribution in [0.5, 0.6) is 0 Å². The Hall–Kier alpha value is -1.85. The number of carbonyl (C=O) groups excluding carboxylic acids is 2. The largest absolute Gasteiger partial charge is 0.351 e. The van der Waals surface area contributed by atoms with Crippen LogP contribution in [0.2, 0.25) is 0 Å². The molecule has 0 aliphatic rings. The molecule has 6 nitrogen and oxygen atoms in total. The zero-order valence-electron chi connectivity index (χ0n) is 7.37. The number of hydrogen-bond donors (Lipinski definition) is 2. The van der Waals surface area contributed by atoms with Crippen LogP contribution in [-0.2, 0) is 16.6 Å². The van der Waals surface area contributed by atoms with Crippen molar-refractivity contribution in [2.75, 3.05) is 12.4 Å². The van der Waals surface area contributed by atoms with Crippen LogP contribution < -0.4 is 10.6 Å². The van der Waals surface area contributed by atoms with Gasteiger partial charge in [-0.05, 0) is 0 Å². The van der Waals surface area contributed by atoms with Crippen LogP contribution in [0.3, 0.4) is 0 Å². The molecule has 2 amide bonds. The minimum atomic E-state index is -0.699. The summed E-state index contributed by atoms with van der Waals surface area (Å²) in [5.41, 5.74) is 0.496. The molecule has 0 aliphatic carbocycles. The third kappa shape index (κ3) is 2.29. The third-order valence-electron chi connectivity index (χ3n) is 1.40. The van der Waals surface area contributed by atoms with Crippen molar-refractivity contribution in [3.8, 4) is 0 Å². The van der Waals surface area contributed by atoms with Crippen LogP contribution in [0.4, 0.5) is 5.69 Å². The number of aromatic nitrogens is 2. The Bertz CT molecular complexity index is 331. The van der Waals surface area contributed by atoms with Gasteiger partial charge < -0.3 is 10.6 Å². The summed E-state index contributed by atoms with van der Waals surface area (Å²) in [4.78, 5) is 21.8. The summed E-state index contributed by atoms with van der Waals surface area (Å²) in [6.45, 7) is 0. The molecule has 0 fully saturated rings. The maximum atomic E-state index is 11.0. The second kappa shape index (κ2) is 3.70. The Kier molecular flexibility index (Phi) is 2.63. The van der Waals surface area contributed by atoms with E-state index in [1.807, 2.05) is 0 Å². The minimum absolute atomic E-state index is 0.496. The first kappa shape index (κ1) is 9.24. The van der Waals surface area contributed by atoms with Gasteiger partial charge in [-0.3, -0.25) is 14.3 Å². The van der Waals surface area contributed by atoms with Crippen molar-refractivity contribution in [1.29, 1.82) is 0 Å². The molecule has 0 radical (unpaired) electrons. The Morgan fingerprint density at radius 2 is 2.15 bits per heavy atom. The Morgan fingerprint density at radius 1 is 1.46 bits per heavy atom. The summed E-state index contributed by atoms with van der Waals surface area (Å²) in [5, 5.41) is 8.42. The second-order valence-electron chi connectivity index (χ2n) is 2.44. The van der Waals surface area contributed by atoms with Gasteiger partial charge >= 0.3 is 11.8 Å². The lowest BCUT2D eigenvalue weighted by atomic mass is 10.5. The molecule has 0 spiro atoms. The molecule has 0 aromatic carbocycles. The highest BCUT2D eigenvalue weighted by Crippen LogP contribution is 2.02. The molecule has 0 unspecified atom stereocenters. The molecule has 13 heavy (non-hydrogen) atoms. The molecule has 6 heteroatoms. The highest BCUT2D eigenvalue weighted by molar-refractivity contribution is 6.39. The van der Waals surface area contributed by atoms with Crippen LogP contribution in [0, 0.1) is 0 Å². The zero-order valence-corrected chi connectivity index (χ0v) is 7.37. The van der Waals surface area contributed by atoms with Crippen LogP contribution in [0.15, 0.2) is 12.4 Å². The Balaban J connectivity index is 2.60. The molecule has 0 aliphatic heterocycles. The predicted octanol–water partition coefficient (Wildman–Crippen LogP) is -0.895. The van der Waals surface area contributed by atoms with Gasteiger partial charge in [0.15, 0.2) is 0 Å². The Morgan fingerprint density at radius 3 is 2.62 bits per heavy atom. The van der Waals surface area contributed by atoms with Gasteiger partial charge in [-0.25, -0.2) is 0 Å². The number of likely N-dealkylation sites (N-methyl/N-ethyl adjacent to an activating group) is 1. The first-order valence-corrected chi connectivity index (χ1v) is 3.65. The molecule has 0 bridgehead atoms. The van der Waals surface area contributed by atoms with Crippen molar-refractivity contribution in [2.45, 2.75) is 0 Å². The van der Waals surface area contributed by atoms with Crippen LogP contribution >= 0.6 is 0 Å². The summed E-state index contributed by atoms with van der Waals surface area (Å²) in [6.07, 6.45) is 3.06. The summed E-state index contributed by atoms with van der Waals surface area (Å²) < 4.78 is 1.53. The van der Waals surface area contributed by atoms with Gasteiger partial charge in [0.1, 0.15) is 0 Å². The molecule has 0 saturated carbocycles. The lowest BCUT2D eigenvalue weighted by molar-refractivity contribution is -0.135. The number of hydrogen-bond acceptors (Lipinski definition) is 3. The predicted molar refractivity (Wildman–Crippen MR) is 45.9 cm³/mol. The molecule has 1 rings (SSSR count). The van der Waals surface area contributed by atoms with Crippen molar-refractivity contribution in [1.82, 2.24) is 15.1 Å². The molecule has 0 atom stereocenters. The number of nitrogens with one attached hydrogen (secondary N) is 2. The van der Waals surface area contributed by atoms with E-state index < -0.39 is 11.8 Å². The van der Waals surface area contributed by atoms with Gasteiger partial charge in [0, 0.05) is 20.3 Å². The van der Waals surface area contributed by atoms with Crippen molar-refractivity contribution in [3.05, 3.63) is 12.4 Å². The van der Waals surface area contributed by atoms with E-state index in [9.17, 15) is 9.59 Å². The van der Waals surface area contributed by atoms with Crippen LogP contribution in [-0.4, -0.2) is 28.6 Å². The molecular weight excluding hydrogens is 172 g/mol. The third-order valence-corrected chi connectivity index (χ3v) is 1.40. The number of amides is 2. The average Bonchev–Trinajstić information content (AvgIpc) is 2.49. The van der Waals surface area contributed by atoms with Gasteiger partial charge in [0.25, 0.3) is 0 Å². The highest BCUT2D eigenvalue weighted by atomic mass is 16.2. The fourth-order valence-electron chi connectivity index (χ4n) is 0.787. The minimum Gasteiger partial charge on any atom is -0.351 e. The average molecular weight is 182 g/mol. The fourth-order valence-corrected chi connectivity index (χ4v) is 0.787. The summed E-state index contributed by atoms with van der Waals surface area (Å²) in [6, 6.07) is 0. The van der Waals surface area contributed by atoms with Gasteiger partial charge in [0.05, 0.1) is 11.9 Å². The SMILES string of the molecule is CNC(=O)C(=O)Nc1cnn(C)c1. The quantitative estimate of drug-likeness (QED) is 0.553. The van der Waals surface area contributed by atoms with E-state index in [1.165, 1.54) is 17.9 Å². The molecule has 1 heterocycles. The van der Waals surface area contributed by atoms with Crippen molar-refractivity contribution < 1.29 is 9.59 Å². The van der Waals surface area contributed by atoms with Crippen molar-refractivity contribution >= 4 is 17.5 Å². The summed E-state index contributed by atoms with van der Waals surface area (Å²) in [7, 11) is 3.11. The van der Waals surface area contributed by atoms with Gasteiger partial charge in [-0.15, -0.1) is 0 Å². The molecule has 70 valence electrons. The molecule has 1 aromatic rings. The smallest absolute Gasteiger partial charge is 0.313 e. The summed E-state index contributed by atoms with van der Waals surface area (Å²) in [5.74, 6) is -1.38. The number of carbonyl (C=O) groups is 2. The lowest BCUT2D eigenvalue weighted by Crippen LogP contribution is -2.32. The van der Waals surface area contributed by atoms with Crippen molar-refractivity contribution in [3.63, 3.8) is 0 Å². The van der Waals surface area contributed by atoms with Crippen LogP contribution in [0.1, 0.15) is 0 Å². The number of aryl methyl sites for hydroxylation is 1. The van der Waals surface area contributed by atoms with E-state index in [2.05, 4.69) is 15.7 Å². The van der Waals surface area contributed by atoms with E-state index >= 15 is 0 Å². The van der Waals surface area contributed by atoms with E-state index in [-0.39, 0.29) is 0 Å². The van der Waals surface area contributed by atoms with Crippen LogP contribution in [0.25, 0.3) is 0 Å². The number of anilines is 1. The fraction of sp³-hybridized carbons (Fsp3) is 0.286. The molecule has 1 aromatic heterocycles. The van der Waals surface area contributed by atoms with Crippen molar-refractivity contribution in [2.24, 2.45) is 7.05 Å². The van der Waals surface area contributed by atoms with Gasteiger partial charge in [-0.1, -0.05) is 0 Å². The van der Waals surface area contributed by atoms with E-state index in [1.54, 1.807) is 13.2 Å². The first-order valence-electron chi connectivity index (χ1n) is 3.65. The number of nitrogens with zero attached hydrogens (tertiary/aromatic N) is 2. The maximum absolute atomic E-state index is 11.0. The molecular formula is C7H10N4O2. The summed E-state index contributed by atoms with van der Waals surface area (Å²) >= 11 is 0. The number of rotatable bonds is 1. The standard InChI is InChI=1S/C7H10N4O2/c1-8-6(12)7(13)10-5-3-9-11(2)4-5/h3-4H,1-2H3,(H,8,12)(H,10,13). The zero-order chi connectivity index (χ0) is 9.84. The van der Waals surface area contributed by atoms with Gasteiger partial charge in [-0.2, -0.15) is 5.10 Å². The highest BCUT2D eigenvalue weighted by Gasteiger charge is 2.11. The second-order valence-corrected chi connectivity index (χ2v) is 2.44. The van der Waals surface area contributed by atoms with Gasteiger partial charge in [0.2, 0.25) is 0 Å². The van der Waals surface area contributed by atoms with E-state index in [0.29, 0.717) is 5.69 Å². The Labute approximate surface area is 74.9 Å². The normalized spacial score (nSPS) is 9.38. The molecule has 2 N–H and O–H groups in total. The van der Waals surface area contributed by atoms with E-state index in [0.717, 1.165) is 0 Å². The monoisotopic (exact) mass is 182 g/mol. The molecule has 0 saturated heterocycles. The lowest BCUT2D eigenvalue weighted by Gasteiger charge is -1.98.